The third kappa shape index (κ3) is 3.68. The summed E-state index contributed by atoms with van der Waals surface area (Å²) in [6.07, 6.45) is 1.93. The molecule has 0 fully saturated rings. The maximum atomic E-state index is 11.7. The molecule has 5 heteroatoms. The van der Waals surface area contributed by atoms with E-state index >= 15 is 0 Å². The summed E-state index contributed by atoms with van der Waals surface area (Å²) in [6, 6.07) is 1.91. The number of rotatable bonds is 5. The van der Waals surface area contributed by atoms with Gasteiger partial charge in [0.1, 0.15) is 0 Å². The van der Waals surface area contributed by atoms with E-state index in [0.717, 1.165) is 11.3 Å². The number of aryl methyl sites for hydroxylation is 2. The zero-order valence-electron chi connectivity index (χ0n) is 9.45. The highest BCUT2D eigenvalue weighted by molar-refractivity contribution is 7.90. The van der Waals surface area contributed by atoms with Crippen LogP contribution in [-0.2, 0) is 22.6 Å². The van der Waals surface area contributed by atoms with Crippen LogP contribution in [0, 0.1) is 6.92 Å². The smallest absolute Gasteiger partial charge is 0.157 e. The first-order valence-corrected chi connectivity index (χ1v) is 6.73. The van der Waals surface area contributed by atoms with Crippen LogP contribution in [-0.4, -0.2) is 32.3 Å². The Labute approximate surface area is 91.2 Å². The summed E-state index contributed by atoms with van der Waals surface area (Å²) in [6.45, 7) is 2.47. The summed E-state index contributed by atoms with van der Waals surface area (Å²) in [5, 5.41) is 2.84. The van der Waals surface area contributed by atoms with Crippen LogP contribution in [0.5, 0.6) is 0 Å². The Kier molecular flexibility index (Phi) is 3.93. The van der Waals surface area contributed by atoms with Crippen LogP contribution < -0.4 is 5.32 Å². The monoisotopic (exact) mass is 230 g/mol. The van der Waals surface area contributed by atoms with Crippen molar-refractivity contribution in [3.63, 3.8) is 0 Å². The van der Waals surface area contributed by atoms with E-state index < -0.39 is 9.84 Å². The van der Waals surface area contributed by atoms with Gasteiger partial charge in [0.25, 0.3) is 0 Å². The quantitative estimate of drug-likeness (QED) is 0.800. The molecule has 1 heterocycles. The van der Waals surface area contributed by atoms with Gasteiger partial charge in [-0.2, -0.15) is 0 Å². The highest BCUT2D eigenvalue weighted by Gasteiger charge is 2.13. The summed E-state index contributed by atoms with van der Waals surface area (Å²) in [4.78, 5) is 0. The first-order chi connectivity index (χ1) is 6.94. The van der Waals surface area contributed by atoms with Crippen LogP contribution in [0.15, 0.2) is 12.3 Å². The average molecular weight is 230 g/mol. The molecule has 0 radical (unpaired) electrons. The first kappa shape index (κ1) is 12.3. The molecule has 0 aromatic carbocycles. The maximum absolute atomic E-state index is 11.7. The predicted molar refractivity (Wildman–Crippen MR) is 61.6 cm³/mol. The third-order valence-corrected chi connectivity index (χ3v) is 3.84. The minimum Gasteiger partial charge on any atom is -0.353 e. The molecule has 0 saturated heterocycles. The number of nitrogens with one attached hydrogen (secondary N) is 1. The Morgan fingerprint density at radius 2 is 2.13 bits per heavy atom. The van der Waals surface area contributed by atoms with Gasteiger partial charge in [-0.1, -0.05) is 0 Å². The van der Waals surface area contributed by atoms with E-state index in [1.165, 1.54) is 0 Å². The number of sulfone groups is 1. The zero-order valence-corrected chi connectivity index (χ0v) is 10.3. The van der Waals surface area contributed by atoms with Crippen molar-refractivity contribution in [1.82, 2.24) is 9.88 Å². The van der Waals surface area contributed by atoms with Crippen LogP contribution >= 0.6 is 0 Å². The van der Waals surface area contributed by atoms with Crippen molar-refractivity contribution < 1.29 is 8.42 Å². The van der Waals surface area contributed by atoms with E-state index in [1.807, 2.05) is 30.8 Å². The number of hydrogen-bond donors (Lipinski definition) is 1. The van der Waals surface area contributed by atoms with E-state index in [2.05, 4.69) is 5.32 Å². The van der Waals surface area contributed by atoms with Gasteiger partial charge in [0, 0.05) is 25.5 Å². The van der Waals surface area contributed by atoms with Crippen LogP contribution in [0.2, 0.25) is 0 Å². The lowest BCUT2D eigenvalue weighted by Gasteiger charge is -2.05. The summed E-state index contributed by atoms with van der Waals surface area (Å²) in [7, 11) is 0.634. The van der Waals surface area contributed by atoms with Crippen molar-refractivity contribution in [1.29, 1.82) is 0 Å². The van der Waals surface area contributed by atoms with Gasteiger partial charge in [-0.25, -0.2) is 8.42 Å². The molecule has 0 bridgehead atoms. The molecule has 1 aromatic rings. The fourth-order valence-electron chi connectivity index (χ4n) is 1.49. The van der Waals surface area contributed by atoms with Crippen molar-refractivity contribution in [3.8, 4) is 0 Å². The molecule has 1 N–H and O–H groups in total. The van der Waals surface area contributed by atoms with Crippen molar-refractivity contribution >= 4 is 9.84 Å². The second-order valence-electron chi connectivity index (χ2n) is 3.82. The molecule has 0 atom stereocenters. The van der Waals surface area contributed by atoms with Crippen LogP contribution in [0.3, 0.4) is 0 Å². The summed E-state index contributed by atoms with van der Waals surface area (Å²) in [5.74, 6) is 0.312. The minimum absolute atomic E-state index is 0.124. The van der Waals surface area contributed by atoms with Gasteiger partial charge in [0.2, 0.25) is 0 Å². The Bertz CT molecular complexity index is 421. The molecule has 0 unspecified atom stereocenters. The van der Waals surface area contributed by atoms with Gasteiger partial charge < -0.3 is 9.88 Å². The summed E-state index contributed by atoms with van der Waals surface area (Å²) < 4.78 is 25.2. The molecule has 86 valence electrons. The first-order valence-electron chi connectivity index (χ1n) is 4.91. The zero-order chi connectivity index (χ0) is 11.5. The topological polar surface area (TPSA) is 51.1 Å². The lowest BCUT2D eigenvalue weighted by Crippen LogP contribution is -2.21. The van der Waals surface area contributed by atoms with Gasteiger partial charge in [0.15, 0.2) is 9.84 Å². The Balaban J connectivity index is 2.73. The van der Waals surface area contributed by atoms with Crippen LogP contribution in [0.4, 0.5) is 0 Å². The normalized spacial score (nSPS) is 11.9. The second-order valence-corrected chi connectivity index (χ2v) is 6.00. The minimum atomic E-state index is -2.99. The molecule has 4 nitrogen and oxygen atoms in total. The molecular weight excluding hydrogens is 212 g/mol. The average Bonchev–Trinajstić information content (AvgIpc) is 2.41. The van der Waals surface area contributed by atoms with E-state index in [0.29, 0.717) is 6.54 Å². The summed E-state index contributed by atoms with van der Waals surface area (Å²) in [5.41, 5.74) is 1.94. The molecule has 1 aromatic heterocycles. The highest BCUT2D eigenvalue weighted by atomic mass is 32.2. The largest absolute Gasteiger partial charge is 0.353 e. The van der Waals surface area contributed by atoms with Crippen molar-refractivity contribution in [2.24, 2.45) is 7.05 Å². The molecule has 0 spiro atoms. The standard InChI is InChI=1S/C10H18N2O2S/c1-9-6-10(12(3)7-9)8-15(13,14)5-4-11-2/h6-7,11H,4-5,8H2,1-3H3. The molecule has 0 amide bonds. The summed E-state index contributed by atoms with van der Waals surface area (Å²) >= 11 is 0. The molecule has 0 saturated carbocycles. The van der Waals surface area contributed by atoms with Crippen molar-refractivity contribution in [3.05, 3.63) is 23.5 Å². The third-order valence-electron chi connectivity index (χ3n) is 2.28. The van der Waals surface area contributed by atoms with Gasteiger partial charge in [-0.3, -0.25) is 0 Å². The van der Waals surface area contributed by atoms with Gasteiger partial charge in [-0.05, 0) is 25.6 Å². The lowest BCUT2D eigenvalue weighted by molar-refractivity contribution is 0.591. The molecular formula is C10H18N2O2S. The Hall–Kier alpha value is -0.810. The van der Waals surface area contributed by atoms with Gasteiger partial charge in [-0.15, -0.1) is 0 Å². The van der Waals surface area contributed by atoms with E-state index in [9.17, 15) is 8.42 Å². The van der Waals surface area contributed by atoms with Crippen LogP contribution in [0.25, 0.3) is 0 Å². The highest BCUT2D eigenvalue weighted by Crippen LogP contribution is 2.10. The van der Waals surface area contributed by atoms with Gasteiger partial charge in [0.05, 0.1) is 11.5 Å². The maximum Gasteiger partial charge on any atom is 0.157 e. The van der Waals surface area contributed by atoms with E-state index in [1.54, 1.807) is 7.05 Å². The van der Waals surface area contributed by atoms with Gasteiger partial charge >= 0.3 is 0 Å². The van der Waals surface area contributed by atoms with Crippen molar-refractivity contribution in [2.75, 3.05) is 19.3 Å². The molecule has 0 aliphatic rings. The Morgan fingerprint density at radius 1 is 1.47 bits per heavy atom. The van der Waals surface area contributed by atoms with E-state index in [-0.39, 0.29) is 11.5 Å². The fraction of sp³-hybridized carbons (Fsp3) is 0.600. The fourth-order valence-corrected chi connectivity index (χ4v) is 2.89. The SMILES string of the molecule is CNCCS(=O)(=O)Cc1cc(C)cn1C. The number of aromatic nitrogens is 1. The predicted octanol–water partition coefficient (Wildman–Crippen LogP) is 0.468. The number of hydrogen-bond acceptors (Lipinski definition) is 3. The van der Waals surface area contributed by atoms with E-state index in [4.69, 9.17) is 0 Å². The second kappa shape index (κ2) is 4.81. The van der Waals surface area contributed by atoms with Crippen molar-refractivity contribution in [2.45, 2.75) is 12.7 Å². The number of nitrogens with zero attached hydrogens (tertiary/aromatic N) is 1. The lowest BCUT2D eigenvalue weighted by atomic mass is 10.3. The molecule has 1 rings (SSSR count). The molecule has 0 aliphatic carbocycles. The molecule has 0 aliphatic heterocycles. The molecule has 15 heavy (non-hydrogen) atoms. The van der Waals surface area contributed by atoms with Crippen LogP contribution in [0.1, 0.15) is 11.3 Å². The Morgan fingerprint density at radius 3 is 2.60 bits per heavy atom.